The van der Waals surface area contributed by atoms with E-state index in [0.29, 0.717) is 0 Å². The van der Waals surface area contributed by atoms with Crippen LogP contribution in [0.4, 0.5) is 0 Å². The lowest BCUT2D eigenvalue weighted by molar-refractivity contribution is -0.148. The fourth-order valence-electron chi connectivity index (χ4n) is 1.74. The Morgan fingerprint density at radius 3 is 2.92 bits per heavy atom. The van der Waals surface area contributed by atoms with Crippen molar-refractivity contribution in [1.29, 1.82) is 0 Å². The van der Waals surface area contributed by atoms with Gasteiger partial charge in [-0.3, -0.25) is 4.79 Å². The third-order valence-corrected chi connectivity index (χ3v) is 2.53. The quantitative estimate of drug-likeness (QED) is 0.606. The normalized spacial score (nSPS) is 25.2. The van der Waals surface area contributed by atoms with Crippen molar-refractivity contribution in [3.05, 3.63) is 0 Å². The number of hydrogen-bond donors (Lipinski definition) is 2. The molecule has 13 heavy (non-hydrogen) atoms. The van der Waals surface area contributed by atoms with Gasteiger partial charge in [0.1, 0.15) is 0 Å². The van der Waals surface area contributed by atoms with Crippen LogP contribution in [0, 0.1) is 5.92 Å². The maximum Gasteiger partial charge on any atom is 0.312 e. The van der Waals surface area contributed by atoms with E-state index in [4.69, 9.17) is 5.11 Å². The van der Waals surface area contributed by atoms with E-state index in [2.05, 4.69) is 10.1 Å². The zero-order valence-electron chi connectivity index (χ0n) is 7.95. The van der Waals surface area contributed by atoms with Crippen molar-refractivity contribution in [2.75, 3.05) is 20.3 Å². The molecule has 2 atom stereocenters. The highest BCUT2D eigenvalue weighted by Crippen LogP contribution is 2.16. The highest BCUT2D eigenvalue weighted by molar-refractivity contribution is 5.73. The first-order valence-corrected chi connectivity index (χ1v) is 4.71. The van der Waals surface area contributed by atoms with E-state index >= 15 is 0 Å². The van der Waals surface area contributed by atoms with Gasteiger partial charge in [0.2, 0.25) is 0 Å². The number of nitrogens with one attached hydrogen (secondary N) is 1. The second-order valence-corrected chi connectivity index (χ2v) is 3.37. The van der Waals surface area contributed by atoms with Crippen molar-refractivity contribution in [2.24, 2.45) is 5.92 Å². The van der Waals surface area contributed by atoms with Gasteiger partial charge < -0.3 is 15.2 Å². The summed E-state index contributed by atoms with van der Waals surface area (Å²) in [5.74, 6) is -0.716. The Balaban J connectivity index is 2.48. The molecular formula is C9H17NO3. The van der Waals surface area contributed by atoms with Crippen LogP contribution in [0.3, 0.4) is 0 Å². The van der Waals surface area contributed by atoms with E-state index in [1.165, 1.54) is 7.11 Å². The van der Waals surface area contributed by atoms with Crippen LogP contribution >= 0.6 is 0 Å². The number of piperidine rings is 1. The summed E-state index contributed by atoms with van der Waals surface area (Å²) in [7, 11) is 1.35. The van der Waals surface area contributed by atoms with Crippen LogP contribution in [0.1, 0.15) is 19.3 Å². The van der Waals surface area contributed by atoms with Gasteiger partial charge in [-0.25, -0.2) is 0 Å². The van der Waals surface area contributed by atoms with Crippen LogP contribution in [0.15, 0.2) is 0 Å². The minimum atomic E-state index is -0.398. The zero-order chi connectivity index (χ0) is 9.68. The van der Waals surface area contributed by atoms with E-state index in [1.54, 1.807) is 0 Å². The van der Waals surface area contributed by atoms with Gasteiger partial charge in [0, 0.05) is 6.04 Å². The van der Waals surface area contributed by atoms with Crippen molar-refractivity contribution in [1.82, 2.24) is 5.32 Å². The lowest BCUT2D eigenvalue weighted by Crippen LogP contribution is -2.45. The van der Waals surface area contributed by atoms with Gasteiger partial charge in [0.05, 0.1) is 19.6 Å². The first-order valence-electron chi connectivity index (χ1n) is 4.71. The number of esters is 1. The fraction of sp³-hybridized carbons (Fsp3) is 0.889. The molecule has 4 heteroatoms. The molecule has 2 unspecified atom stereocenters. The molecule has 4 nitrogen and oxygen atoms in total. The minimum Gasteiger partial charge on any atom is -0.469 e. The minimum absolute atomic E-state index is 0.0891. The molecule has 1 aliphatic rings. The summed E-state index contributed by atoms with van der Waals surface area (Å²) in [6.07, 6.45) is 3.21. The van der Waals surface area contributed by atoms with Gasteiger partial charge in [0.15, 0.2) is 0 Å². The summed E-state index contributed by atoms with van der Waals surface area (Å²) < 4.78 is 4.62. The Labute approximate surface area is 78.3 Å². The number of carbonyl (C=O) groups is 1. The van der Waals surface area contributed by atoms with Crippen LogP contribution in [0.5, 0.6) is 0 Å². The Kier molecular flexibility index (Phi) is 4.18. The van der Waals surface area contributed by atoms with Gasteiger partial charge in [-0.15, -0.1) is 0 Å². The first kappa shape index (κ1) is 10.5. The van der Waals surface area contributed by atoms with Crippen LogP contribution in [-0.4, -0.2) is 37.4 Å². The van der Waals surface area contributed by atoms with Crippen molar-refractivity contribution < 1.29 is 14.6 Å². The van der Waals surface area contributed by atoms with E-state index in [9.17, 15) is 4.79 Å². The van der Waals surface area contributed by atoms with E-state index in [-0.39, 0.29) is 18.6 Å². The van der Waals surface area contributed by atoms with E-state index < -0.39 is 5.92 Å². The third-order valence-electron chi connectivity index (χ3n) is 2.53. The summed E-state index contributed by atoms with van der Waals surface area (Å²) in [6.45, 7) is 0.794. The average Bonchev–Trinajstić information content (AvgIpc) is 2.20. The van der Waals surface area contributed by atoms with Crippen molar-refractivity contribution in [3.63, 3.8) is 0 Å². The summed E-state index contributed by atoms with van der Waals surface area (Å²) in [6, 6.07) is 0.0891. The molecule has 2 N–H and O–H groups in total. The first-order chi connectivity index (χ1) is 6.29. The largest absolute Gasteiger partial charge is 0.469 e. The lowest BCUT2D eigenvalue weighted by atomic mass is 9.93. The topological polar surface area (TPSA) is 58.6 Å². The molecule has 0 aromatic heterocycles. The maximum atomic E-state index is 11.2. The summed E-state index contributed by atoms with van der Waals surface area (Å²) in [5, 5.41) is 12.3. The van der Waals surface area contributed by atoms with Gasteiger partial charge in [-0.2, -0.15) is 0 Å². The predicted octanol–water partition coefficient (Wildman–Crippen LogP) is -0.0900. The van der Waals surface area contributed by atoms with E-state index in [0.717, 1.165) is 25.8 Å². The van der Waals surface area contributed by atoms with Crippen LogP contribution < -0.4 is 5.32 Å². The Hall–Kier alpha value is -0.610. The molecule has 1 aliphatic heterocycles. The van der Waals surface area contributed by atoms with Crippen molar-refractivity contribution >= 4 is 5.97 Å². The van der Waals surface area contributed by atoms with Crippen LogP contribution in [0.2, 0.25) is 0 Å². The van der Waals surface area contributed by atoms with Crippen molar-refractivity contribution in [3.8, 4) is 0 Å². The number of methoxy groups -OCH3 is 1. The molecule has 0 radical (unpaired) electrons. The Morgan fingerprint density at radius 2 is 2.46 bits per heavy atom. The molecule has 0 aliphatic carbocycles. The number of ether oxygens (including phenoxy) is 1. The molecule has 76 valence electrons. The second-order valence-electron chi connectivity index (χ2n) is 3.37. The molecule has 0 aromatic rings. The Bertz CT molecular complexity index is 166. The number of aliphatic hydroxyl groups excluding tert-OH is 1. The highest BCUT2D eigenvalue weighted by atomic mass is 16.5. The molecule has 0 bridgehead atoms. The van der Waals surface area contributed by atoms with Gasteiger partial charge in [0.25, 0.3) is 0 Å². The standard InChI is InChI=1S/C9H17NO3/c1-13-9(12)7(6-11)8-4-2-3-5-10-8/h7-8,10-11H,2-6H2,1H3. The molecule has 0 saturated carbocycles. The lowest BCUT2D eigenvalue weighted by Gasteiger charge is -2.28. The molecule has 1 heterocycles. The van der Waals surface area contributed by atoms with Crippen LogP contribution in [0.25, 0.3) is 0 Å². The molecule has 1 saturated heterocycles. The number of carbonyl (C=O) groups excluding carboxylic acids is 1. The molecule has 1 rings (SSSR count). The van der Waals surface area contributed by atoms with Gasteiger partial charge >= 0.3 is 5.97 Å². The fourth-order valence-corrected chi connectivity index (χ4v) is 1.74. The summed E-state index contributed by atoms with van der Waals surface area (Å²) >= 11 is 0. The second kappa shape index (κ2) is 5.19. The van der Waals surface area contributed by atoms with Crippen molar-refractivity contribution in [2.45, 2.75) is 25.3 Å². The average molecular weight is 187 g/mol. The van der Waals surface area contributed by atoms with Gasteiger partial charge in [-0.05, 0) is 19.4 Å². The monoisotopic (exact) mass is 187 g/mol. The predicted molar refractivity (Wildman–Crippen MR) is 48.2 cm³/mol. The summed E-state index contributed by atoms with van der Waals surface area (Å²) in [4.78, 5) is 11.2. The number of hydrogen-bond acceptors (Lipinski definition) is 4. The smallest absolute Gasteiger partial charge is 0.312 e. The Morgan fingerprint density at radius 1 is 1.69 bits per heavy atom. The molecule has 0 amide bonds. The SMILES string of the molecule is COC(=O)C(CO)C1CCCCN1. The number of rotatable bonds is 3. The third kappa shape index (κ3) is 2.67. The summed E-state index contributed by atoms with van der Waals surface area (Å²) in [5.41, 5.74) is 0. The molecule has 0 spiro atoms. The molecule has 0 aromatic carbocycles. The zero-order valence-corrected chi connectivity index (χ0v) is 7.95. The number of aliphatic hydroxyl groups is 1. The van der Waals surface area contributed by atoms with Crippen LogP contribution in [-0.2, 0) is 9.53 Å². The maximum absolute atomic E-state index is 11.2. The highest BCUT2D eigenvalue weighted by Gasteiger charge is 2.29. The van der Waals surface area contributed by atoms with E-state index in [1.807, 2.05) is 0 Å². The van der Waals surface area contributed by atoms with Gasteiger partial charge in [-0.1, -0.05) is 6.42 Å². The molecule has 1 fully saturated rings. The molecular weight excluding hydrogens is 170 g/mol.